The van der Waals surface area contributed by atoms with E-state index in [9.17, 15) is 9.59 Å². The minimum atomic E-state index is -0.573. The minimum absolute atomic E-state index is 0.124. The van der Waals surface area contributed by atoms with Gasteiger partial charge < -0.3 is 5.73 Å². The number of carbonyl (C=O) groups excluding carboxylic acids is 2. The molecule has 1 aliphatic rings. The predicted molar refractivity (Wildman–Crippen MR) is 70.9 cm³/mol. The number of halogens is 1. The molecule has 1 aliphatic heterocycles. The van der Waals surface area contributed by atoms with E-state index in [1.165, 1.54) is 0 Å². The lowest BCUT2D eigenvalue weighted by atomic mass is 10.1. The third kappa shape index (κ3) is 1.87. The first kappa shape index (κ1) is 12.2. The number of hydrogen-bond acceptors (Lipinski definition) is 3. The maximum Gasteiger partial charge on any atom is 0.262 e. The topological polar surface area (TPSA) is 63.4 Å². The molecule has 0 fully saturated rings. The number of hydrogen-bond donors (Lipinski definition) is 1. The summed E-state index contributed by atoms with van der Waals surface area (Å²) in [5, 5.41) is 0. The summed E-state index contributed by atoms with van der Waals surface area (Å²) in [4.78, 5) is 25.3. The molecule has 1 aromatic carbocycles. The fraction of sp³-hybridized carbons (Fsp3) is 0.182. The van der Waals surface area contributed by atoms with Crippen molar-refractivity contribution in [2.75, 3.05) is 0 Å². The van der Waals surface area contributed by atoms with Gasteiger partial charge in [-0.1, -0.05) is 28.1 Å². The van der Waals surface area contributed by atoms with Gasteiger partial charge in [-0.15, -0.1) is 0 Å². The van der Waals surface area contributed by atoms with Crippen molar-refractivity contribution in [3.8, 4) is 0 Å². The highest BCUT2D eigenvalue weighted by atomic mass is 79.9. The number of carbonyl (C=O) groups is 2. The number of nitrogens with two attached hydrogens (primary N) is 1. The number of benzene rings is 1. The van der Waals surface area contributed by atoms with Crippen LogP contribution in [0.4, 0.5) is 0 Å². The molecule has 88 valence electrons. The van der Waals surface area contributed by atoms with Crippen LogP contribution in [0.5, 0.6) is 0 Å². The van der Waals surface area contributed by atoms with Crippen molar-refractivity contribution in [2.24, 2.45) is 5.73 Å². The average Bonchev–Trinajstić information content (AvgIpc) is 2.50. The molecule has 1 heterocycles. The van der Waals surface area contributed by atoms with E-state index in [4.69, 9.17) is 18.0 Å². The molecule has 1 aromatic rings. The molecule has 0 radical (unpaired) electrons. The lowest BCUT2D eigenvalue weighted by Gasteiger charge is -2.20. The molecular formula is C11H9BrN2O2S. The van der Waals surface area contributed by atoms with Gasteiger partial charge in [0, 0.05) is 4.47 Å². The molecule has 4 nitrogen and oxygen atoms in total. The largest absolute Gasteiger partial charge is 0.392 e. The van der Waals surface area contributed by atoms with E-state index in [1.807, 2.05) is 0 Å². The molecule has 1 unspecified atom stereocenters. The number of thiocarbonyl (C=S) groups is 1. The van der Waals surface area contributed by atoms with Crippen LogP contribution in [0.25, 0.3) is 0 Å². The molecule has 0 aromatic heterocycles. The van der Waals surface area contributed by atoms with Crippen LogP contribution in [0.15, 0.2) is 22.7 Å². The van der Waals surface area contributed by atoms with Crippen LogP contribution < -0.4 is 5.73 Å². The monoisotopic (exact) mass is 312 g/mol. The Balaban J connectivity index is 2.49. The van der Waals surface area contributed by atoms with E-state index in [0.717, 1.165) is 9.37 Å². The van der Waals surface area contributed by atoms with E-state index < -0.39 is 6.04 Å². The second-order valence-corrected chi connectivity index (χ2v) is 5.14. The summed E-state index contributed by atoms with van der Waals surface area (Å²) in [5.74, 6) is -0.704. The molecule has 0 saturated carbocycles. The maximum atomic E-state index is 12.1. The Kier molecular flexibility index (Phi) is 3.01. The Morgan fingerprint density at radius 1 is 1.35 bits per heavy atom. The van der Waals surface area contributed by atoms with Crippen molar-refractivity contribution >= 4 is 45.0 Å². The van der Waals surface area contributed by atoms with Crippen LogP contribution in [0.1, 0.15) is 27.6 Å². The van der Waals surface area contributed by atoms with Crippen LogP contribution in [-0.2, 0) is 0 Å². The van der Waals surface area contributed by atoms with E-state index in [1.54, 1.807) is 25.1 Å². The zero-order valence-corrected chi connectivity index (χ0v) is 11.3. The van der Waals surface area contributed by atoms with E-state index in [0.29, 0.717) is 11.1 Å². The summed E-state index contributed by atoms with van der Waals surface area (Å²) in [7, 11) is 0. The van der Waals surface area contributed by atoms with Gasteiger partial charge in [0.15, 0.2) is 0 Å². The van der Waals surface area contributed by atoms with Gasteiger partial charge >= 0.3 is 0 Å². The molecule has 0 spiro atoms. The Hall–Kier alpha value is -1.27. The Morgan fingerprint density at radius 2 is 1.94 bits per heavy atom. The molecule has 2 rings (SSSR count). The lowest BCUT2D eigenvalue weighted by Crippen LogP contribution is -2.45. The molecule has 2 N–H and O–H groups in total. The van der Waals surface area contributed by atoms with Gasteiger partial charge in [-0.3, -0.25) is 14.5 Å². The molecule has 1 atom stereocenters. The zero-order chi connectivity index (χ0) is 12.7. The minimum Gasteiger partial charge on any atom is -0.392 e. The van der Waals surface area contributed by atoms with E-state index in [-0.39, 0.29) is 16.8 Å². The highest BCUT2D eigenvalue weighted by Crippen LogP contribution is 2.27. The number of fused-ring (bicyclic) bond motifs is 1. The van der Waals surface area contributed by atoms with Crippen LogP contribution in [0.2, 0.25) is 0 Å². The second kappa shape index (κ2) is 4.19. The SMILES string of the molecule is CC(C(N)=S)N1C(=O)c2ccc(Br)cc2C1=O. The third-order valence-electron chi connectivity index (χ3n) is 2.68. The average molecular weight is 313 g/mol. The fourth-order valence-corrected chi connectivity index (χ4v) is 2.18. The summed E-state index contributed by atoms with van der Waals surface area (Å²) in [6.07, 6.45) is 0. The Labute approximate surface area is 112 Å². The number of rotatable bonds is 2. The van der Waals surface area contributed by atoms with Gasteiger partial charge in [0.25, 0.3) is 11.8 Å². The summed E-state index contributed by atoms with van der Waals surface area (Å²) < 4.78 is 0.752. The maximum absolute atomic E-state index is 12.1. The van der Waals surface area contributed by atoms with Crippen molar-refractivity contribution in [3.05, 3.63) is 33.8 Å². The Morgan fingerprint density at radius 3 is 2.53 bits per heavy atom. The van der Waals surface area contributed by atoms with Crippen molar-refractivity contribution < 1.29 is 9.59 Å². The first-order valence-electron chi connectivity index (χ1n) is 4.90. The molecule has 6 heteroatoms. The summed E-state index contributed by atoms with van der Waals surface area (Å²) >= 11 is 8.09. The molecule has 0 bridgehead atoms. The van der Waals surface area contributed by atoms with Crippen LogP contribution in [0.3, 0.4) is 0 Å². The number of amides is 2. The van der Waals surface area contributed by atoms with E-state index in [2.05, 4.69) is 15.9 Å². The van der Waals surface area contributed by atoms with Crippen molar-refractivity contribution in [3.63, 3.8) is 0 Å². The number of imide groups is 1. The first-order valence-corrected chi connectivity index (χ1v) is 6.10. The normalized spacial score (nSPS) is 16.0. The van der Waals surface area contributed by atoms with Gasteiger partial charge in [0.2, 0.25) is 0 Å². The van der Waals surface area contributed by atoms with E-state index >= 15 is 0 Å². The first-order chi connectivity index (χ1) is 7.93. The highest BCUT2D eigenvalue weighted by Gasteiger charge is 2.39. The third-order valence-corrected chi connectivity index (χ3v) is 3.51. The summed E-state index contributed by atoms with van der Waals surface area (Å²) in [6.45, 7) is 1.64. The van der Waals surface area contributed by atoms with Gasteiger partial charge in [0.05, 0.1) is 22.2 Å². The quantitative estimate of drug-likeness (QED) is 0.667. The van der Waals surface area contributed by atoms with Gasteiger partial charge in [-0.25, -0.2) is 0 Å². The fourth-order valence-electron chi connectivity index (χ4n) is 1.71. The molecule has 0 saturated heterocycles. The van der Waals surface area contributed by atoms with Gasteiger partial charge in [-0.05, 0) is 25.1 Å². The molecule has 0 aliphatic carbocycles. The van der Waals surface area contributed by atoms with Crippen molar-refractivity contribution in [1.82, 2.24) is 4.90 Å². The highest BCUT2D eigenvalue weighted by molar-refractivity contribution is 9.10. The predicted octanol–water partition coefficient (Wildman–Crippen LogP) is 1.72. The second-order valence-electron chi connectivity index (χ2n) is 3.75. The number of nitrogens with zero attached hydrogens (tertiary/aromatic N) is 1. The summed E-state index contributed by atoms with van der Waals surface area (Å²) in [5.41, 5.74) is 6.25. The molecule has 2 amide bonds. The smallest absolute Gasteiger partial charge is 0.262 e. The van der Waals surface area contributed by atoms with Crippen LogP contribution in [-0.4, -0.2) is 27.7 Å². The zero-order valence-electron chi connectivity index (χ0n) is 8.94. The Bertz CT molecular complexity index is 544. The van der Waals surface area contributed by atoms with Gasteiger partial charge in [-0.2, -0.15) is 0 Å². The standard InChI is InChI=1S/C11H9BrN2O2S/c1-5(9(13)17)14-10(15)7-3-2-6(12)4-8(7)11(14)16/h2-5H,1H3,(H2,13,17). The summed E-state index contributed by atoms with van der Waals surface area (Å²) in [6, 6.07) is 4.39. The van der Waals surface area contributed by atoms with Crippen molar-refractivity contribution in [2.45, 2.75) is 13.0 Å². The van der Waals surface area contributed by atoms with Crippen LogP contribution in [0, 0.1) is 0 Å². The lowest BCUT2D eigenvalue weighted by molar-refractivity contribution is 0.0635. The van der Waals surface area contributed by atoms with Crippen LogP contribution >= 0.6 is 28.1 Å². The molecule has 17 heavy (non-hydrogen) atoms. The van der Waals surface area contributed by atoms with Gasteiger partial charge in [0.1, 0.15) is 0 Å². The molecular weight excluding hydrogens is 304 g/mol. The van der Waals surface area contributed by atoms with Crippen molar-refractivity contribution in [1.29, 1.82) is 0 Å².